The Morgan fingerprint density at radius 2 is 1.94 bits per heavy atom. The smallest absolute Gasteiger partial charge is 0.322 e. The Morgan fingerprint density at radius 3 is 2.58 bits per heavy atom. The SMILES string of the molecule is CCCCCn1c(NC2(C(=O)NCC(=O)O)CC2)cc(=O)n2cc(-c3ccc(Cl)cc3)nc12. The third-order valence-corrected chi connectivity index (χ3v) is 6.05. The summed E-state index contributed by atoms with van der Waals surface area (Å²) in [6.45, 7) is 2.28. The van der Waals surface area contributed by atoms with Gasteiger partial charge in [-0.3, -0.25) is 23.4 Å². The Morgan fingerprint density at radius 1 is 1.21 bits per heavy atom. The maximum atomic E-state index is 12.9. The van der Waals surface area contributed by atoms with Gasteiger partial charge in [-0.05, 0) is 31.4 Å². The number of halogens is 1. The van der Waals surface area contributed by atoms with E-state index in [1.807, 2.05) is 16.7 Å². The predicted molar refractivity (Wildman–Crippen MR) is 126 cm³/mol. The summed E-state index contributed by atoms with van der Waals surface area (Å²) >= 11 is 6.00. The van der Waals surface area contributed by atoms with E-state index in [0.717, 1.165) is 24.8 Å². The molecule has 0 spiro atoms. The largest absolute Gasteiger partial charge is 0.480 e. The van der Waals surface area contributed by atoms with Gasteiger partial charge in [0.1, 0.15) is 17.9 Å². The van der Waals surface area contributed by atoms with Crippen LogP contribution in [0.4, 0.5) is 5.82 Å². The van der Waals surface area contributed by atoms with Crippen LogP contribution in [0.5, 0.6) is 0 Å². The van der Waals surface area contributed by atoms with E-state index in [9.17, 15) is 14.4 Å². The molecule has 174 valence electrons. The van der Waals surface area contributed by atoms with E-state index in [1.165, 1.54) is 10.5 Å². The van der Waals surface area contributed by atoms with Gasteiger partial charge in [0.2, 0.25) is 11.7 Å². The molecule has 2 aromatic heterocycles. The van der Waals surface area contributed by atoms with Crippen molar-refractivity contribution in [2.75, 3.05) is 11.9 Å². The van der Waals surface area contributed by atoms with Crippen molar-refractivity contribution in [2.45, 2.75) is 51.1 Å². The van der Waals surface area contributed by atoms with Gasteiger partial charge >= 0.3 is 5.97 Å². The lowest BCUT2D eigenvalue weighted by Crippen LogP contribution is -2.44. The number of anilines is 1. The van der Waals surface area contributed by atoms with Crippen molar-refractivity contribution in [3.63, 3.8) is 0 Å². The van der Waals surface area contributed by atoms with Gasteiger partial charge in [-0.1, -0.05) is 43.5 Å². The number of benzene rings is 1. The van der Waals surface area contributed by atoms with E-state index in [1.54, 1.807) is 18.3 Å². The van der Waals surface area contributed by atoms with Crippen LogP contribution in [0.3, 0.4) is 0 Å². The van der Waals surface area contributed by atoms with Crippen LogP contribution in [0, 0.1) is 0 Å². The van der Waals surface area contributed by atoms with Crippen molar-refractivity contribution in [3.8, 4) is 11.3 Å². The molecule has 0 atom stereocenters. The molecule has 1 fully saturated rings. The molecule has 33 heavy (non-hydrogen) atoms. The zero-order valence-electron chi connectivity index (χ0n) is 18.3. The molecule has 1 aliphatic carbocycles. The molecule has 0 unspecified atom stereocenters. The first kappa shape index (κ1) is 22.8. The fourth-order valence-corrected chi connectivity index (χ4v) is 3.93. The highest BCUT2D eigenvalue weighted by Gasteiger charge is 2.50. The van der Waals surface area contributed by atoms with Crippen LogP contribution in [0.15, 0.2) is 41.3 Å². The van der Waals surface area contributed by atoms with Crippen molar-refractivity contribution in [1.29, 1.82) is 0 Å². The molecule has 0 radical (unpaired) electrons. The molecule has 10 heteroatoms. The number of nitrogens with zero attached hydrogens (tertiary/aromatic N) is 3. The summed E-state index contributed by atoms with van der Waals surface area (Å²) in [5, 5.41) is 15.1. The number of unbranched alkanes of at least 4 members (excludes halogenated alkanes) is 2. The molecule has 2 heterocycles. The van der Waals surface area contributed by atoms with Crippen LogP contribution in [-0.4, -0.2) is 43.0 Å². The normalized spacial score (nSPS) is 14.2. The summed E-state index contributed by atoms with van der Waals surface area (Å²) in [6, 6.07) is 8.71. The van der Waals surface area contributed by atoms with Gasteiger partial charge in [-0.15, -0.1) is 0 Å². The number of fused-ring (bicyclic) bond motifs is 1. The van der Waals surface area contributed by atoms with Gasteiger partial charge in [-0.2, -0.15) is 0 Å². The lowest BCUT2D eigenvalue weighted by Gasteiger charge is -2.22. The van der Waals surface area contributed by atoms with Crippen molar-refractivity contribution in [2.24, 2.45) is 0 Å². The summed E-state index contributed by atoms with van der Waals surface area (Å²) in [5.41, 5.74) is 0.293. The molecule has 3 aromatic rings. The number of imidazole rings is 1. The van der Waals surface area contributed by atoms with E-state index in [2.05, 4.69) is 17.6 Å². The number of aromatic nitrogens is 3. The first-order valence-electron chi connectivity index (χ1n) is 11.0. The minimum atomic E-state index is -1.11. The molecule has 1 aromatic carbocycles. The molecule has 1 aliphatic rings. The minimum absolute atomic E-state index is 0.270. The first-order valence-corrected chi connectivity index (χ1v) is 11.4. The van der Waals surface area contributed by atoms with Gasteiger partial charge < -0.3 is 15.7 Å². The number of rotatable bonds is 10. The molecule has 0 bridgehead atoms. The quantitative estimate of drug-likeness (QED) is 0.391. The number of carbonyl (C=O) groups is 2. The molecular formula is C23H26ClN5O4. The summed E-state index contributed by atoms with van der Waals surface area (Å²) in [7, 11) is 0. The van der Waals surface area contributed by atoms with Gasteiger partial charge in [0, 0.05) is 29.4 Å². The van der Waals surface area contributed by atoms with Crippen molar-refractivity contribution in [3.05, 3.63) is 51.9 Å². The first-order chi connectivity index (χ1) is 15.8. The number of aryl methyl sites for hydroxylation is 1. The van der Waals surface area contributed by atoms with E-state index in [0.29, 0.717) is 41.7 Å². The maximum absolute atomic E-state index is 12.9. The van der Waals surface area contributed by atoms with Gasteiger partial charge in [0.15, 0.2) is 0 Å². The topological polar surface area (TPSA) is 118 Å². The fraction of sp³-hybridized carbons (Fsp3) is 0.391. The highest BCUT2D eigenvalue weighted by atomic mass is 35.5. The lowest BCUT2D eigenvalue weighted by atomic mass is 10.2. The fourth-order valence-electron chi connectivity index (χ4n) is 3.80. The molecule has 1 amide bonds. The average molecular weight is 472 g/mol. The molecule has 9 nitrogen and oxygen atoms in total. The van der Waals surface area contributed by atoms with Crippen LogP contribution < -0.4 is 16.2 Å². The second-order valence-corrected chi connectivity index (χ2v) is 8.75. The third kappa shape index (κ3) is 4.88. The Hall–Kier alpha value is -3.33. The predicted octanol–water partition coefficient (Wildman–Crippen LogP) is 3.15. The second-order valence-electron chi connectivity index (χ2n) is 8.31. The third-order valence-electron chi connectivity index (χ3n) is 5.79. The van der Waals surface area contributed by atoms with Crippen LogP contribution in [0.2, 0.25) is 5.02 Å². The number of carbonyl (C=O) groups excluding carboxylic acids is 1. The summed E-state index contributed by atoms with van der Waals surface area (Å²) in [4.78, 5) is 41.1. The standard InChI is InChI=1S/C23H26ClN5O4/c1-2-3-4-11-28-18(27-23(9-10-23)21(33)25-13-20(31)32)12-19(30)29-14-17(26-22(28)29)15-5-7-16(24)8-6-15/h5-8,12,14,27H,2-4,9-11,13H2,1H3,(H,25,33)(H,31,32). The van der Waals surface area contributed by atoms with E-state index >= 15 is 0 Å². The zero-order chi connectivity index (χ0) is 23.6. The summed E-state index contributed by atoms with van der Waals surface area (Å²) in [5.74, 6) is -0.515. The van der Waals surface area contributed by atoms with Crippen LogP contribution >= 0.6 is 11.6 Å². The molecule has 0 aliphatic heterocycles. The number of amides is 1. The van der Waals surface area contributed by atoms with Crippen molar-refractivity contribution >= 4 is 35.1 Å². The molecule has 3 N–H and O–H groups in total. The number of carboxylic acids is 1. The molecule has 4 rings (SSSR count). The molecular weight excluding hydrogens is 446 g/mol. The van der Waals surface area contributed by atoms with Crippen molar-refractivity contribution < 1.29 is 14.7 Å². The molecule has 1 saturated carbocycles. The van der Waals surface area contributed by atoms with E-state index in [4.69, 9.17) is 21.7 Å². The Labute approximate surface area is 195 Å². The van der Waals surface area contributed by atoms with Gasteiger partial charge in [0.05, 0.1) is 5.69 Å². The number of hydrogen-bond donors (Lipinski definition) is 3. The van der Waals surface area contributed by atoms with E-state index < -0.39 is 18.1 Å². The summed E-state index contributed by atoms with van der Waals surface area (Å²) in [6.07, 6.45) is 5.73. The van der Waals surface area contributed by atoms with Crippen LogP contribution in [-0.2, 0) is 16.1 Å². The molecule has 0 saturated heterocycles. The van der Waals surface area contributed by atoms with E-state index in [-0.39, 0.29) is 11.5 Å². The zero-order valence-corrected chi connectivity index (χ0v) is 19.1. The number of hydrogen-bond acceptors (Lipinski definition) is 5. The lowest BCUT2D eigenvalue weighted by molar-refractivity contribution is -0.138. The van der Waals surface area contributed by atoms with Gasteiger partial charge in [0.25, 0.3) is 5.56 Å². The second kappa shape index (κ2) is 9.27. The van der Waals surface area contributed by atoms with Crippen LogP contribution in [0.1, 0.15) is 39.0 Å². The Balaban J connectivity index is 1.73. The highest BCUT2D eigenvalue weighted by Crippen LogP contribution is 2.39. The Kier molecular flexibility index (Phi) is 6.42. The number of aliphatic carboxylic acids is 1. The number of nitrogens with one attached hydrogen (secondary N) is 2. The maximum Gasteiger partial charge on any atom is 0.322 e. The average Bonchev–Trinajstić information content (AvgIpc) is 3.43. The number of carboxylic acid groups (broad SMARTS) is 1. The van der Waals surface area contributed by atoms with Gasteiger partial charge in [-0.25, -0.2) is 4.98 Å². The minimum Gasteiger partial charge on any atom is -0.480 e. The summed E-state index contributed by atoms with van der Waals surface area (Å²) < 4.78 is 3.42. The van der Waals surface area contributed by atoms with Crippen molar-refractivity contribution in [1.82, 2.24) is 19.3 Å². The highest BCUT2D eigenvalue weighted by molar-refractivity contribution is 6.30. The monoisotopic (exact) mass is 471 g/mol. The Bertz CT molecular complexity index is 1240. The van der Waals surface area contributed by atoms with Crippen LogP contribution in [0.25, 0.3) is 17.0 Å².